The number of hydrogen-bond donors (Lipinski definition) is 1. The van der Waals surface area contributed by atoms with Crippen LogP contribution in [0, 0.1) is 19.8 Å². The SMILES string of the molecule is Cc1n[nH]c(C)c1S(=O)(=O)N1CCC(Cn2nc(-n3cccn3)ccc2=O)CC1. The summed E-state index contributed by atoms with van der Waals surface area (Å²) in [7, 11) is -3.58. The van der Waals surface area contributed by atoms with E-state index >= 15 is 0 Å². The first-order valence-electron chi connectivity index (χ1n) is 9.46. The molecule has 1 saturated heterocycles. The van der Waals surface area contributed by atoms with Crippen LogP contribution in [0.4, 0.5) is 0 Å². The molecule has 154 valence electrons. The van der Waals surface area contributed by atoms with Crippen LogP contribution >= 0.6 is 0 Å². The smallest absolute Gasteiger partial charge is 0.266 e. The molecular weight excluding hydrogens is 394 g/mol. The molecule has 4 rings (SSSR count). The molecule has 0 aliphatic carbocycles. The fourth-order valence-electron chi connectivity index (χ4n) is 3.72. The Kier molecular flexibility index (Phi) is 5.09. The van der Waals surface area contributed by atoms with Gasteiger partial charge >= 0.3 is 0 Å². The summed E-state index contributed by atoms with van der Waals surface area (Å²) in [6.07, 6.45) is 4.74. The first-order valence-corrected chi connectivity index (χ1v) is 10.9. The Morgan fingerprint density at radius 2 is 1.97 bits per heavy atom. The molecule has 4 heterocycles. The van der Waals surface area contributed by atoms with E-state index in [0.29, 0.717) is 49.7 Å². The summed E-state index contributed by atoms with van der Waals surface area (Å²) in [5.74, 6) is 0.742. The lowest BCUT2D eigenvalue weighted by Crippen LogP contribution is -2.40. The van der Waals surface area contributed by atoms with Gasteiger partial charge in [-0.05, 0) is 44.7 Å². The molecule has 1 N–H and O–H groups in total. The summed E-state index contributed by atoms with van der Waals surface area (Å²) < 4.78 is 30.5. The van der Waals surface area contributed by atoms with Gasteiger partial charge in [0.15, 0.2) is 5.82 Å². The van der Waals surface area contributed by atoms with Crippen LogP contribution in [0.15, 0.2) is 40.3 Å². The van der Waals surface area contributed by atoms with Crippen LogP contribution < -0.4 is 5.56 Å². The second-order valence-corrected chi connectivity index (χ2v) is 9.15. The number of aromatic nitrogens is 6. The molecule has 0 atom stereocenters. The van der Waals surface area contributed by atoms with Crippen LogP contribution in [0.2, 0.25) is 0 Å². The summed E-state index contributed by atoms with van der Waals surface area (Å²) in [5.41, 5.74) is 0.854. The van der Waals surface area contributed by atoms with Crippen molar-refractivity contribution in [2.24, 2.45) is 5.92 Å². The van der Waals surface area contributed by atoms with E-state index in [1.165, 1.54) is 15.1 Å². The third-order valence-electron chi connectivity index (χ3n) is 5.25. The standard InChI is InChI=1S/C18H23N7O3S/c1-13-18(14(2)21-20-13)29(27,28)23-10-6-15(7-11-23)12-25-17(26)5-4-16(22-25)24-9-3-8-19-24/h3-5,8-9,15H,6-7,10-12H2,1-2H3,(H,20,21). The van der Waals surface area contributed by atoms with Crippen molar-refractivity contribution in [3.63, 3.8) is 0 Å². The molecule has 0 unspecified atom stereocenters. The van der Waals surface area contributed by atoms with E-state index in [2.05, 4.69) is 20.4 Å². The number of H-pyrrole nitrogens is 1. The summed E-state index contributed by atoms with van der Waals surface area (Å²) >= 11 is 0. The highest BCUT2D eigenvalue weighted by molar-refractivity contribution is 7.89. The van der Waals surface area contributed by atoms with Crippen LogP contribution in [0.25, 0.3) is 5.82 Å². The highest BCUT2D eigenvalue weighted by Crippen LogP contribution is 2.27. The highest BCUT2D eigenvalue weighted by Gasteiger charge is 2.33. The van der Waals surface area contributed by atoms with Gasteiger partial charge in [0, 0.05) is 38.1 Å². The Morgan fingerprint density at radius 3 is 2.59 bits per heavy atom. The predicted molar refractivity (Wildman–Crippen MR) is 105 cm³/mol. The monoisotopic (exact) mass is 417 g/mol. The highest BCUT2D eigenvalue weighted by atomic mass is 32.2. The molecule has 10 nitrogen and oxygen atoms in total. The summed E-state index contributed by atoms with van der Waals surface area (Å²) in [4.78, 5) is 12.5. The Hall–Kier alpha value is -2.79. The maximum absolute atomic E-state index is 13.0. The fraction of sp³-hybridized carbons (Fsp3) is 0.444. The minimum Gasteiger partial charge on any atom is -0.281 e. The molecule has 0 aromatic carbocycles. The van der Waals surface area contributed by atoms with Gasteiger partial charge in [0.05, 0.1) is 11.4 Å². The minimum absolute atomic E-state index is 0.172. The van der Waals surface area contributed by atoms with Gasteiger partial charge in [-0.15, -0.1) is 5.10 Å². The Balaban J connectivity index is 1.46. The maximum atomic E-state index is 13.0. The van der Waals surface area contributed by atoms with E-state index in [1.807, 2.05) is 0 Å². The Morgan fingerprint density at radius 1 is 1.21 bits per heavy atom. The molecule has 0 radical (unpaired) electrons. The first-order chi connectivity index (χ1) is 13.9. The summed E-state index contributed by atoms with van der Waals surface area (Å²) in [6.45, 7) is 4.67. The van der Waals surface area contributed by atoms with Crippen molar-refractivity contribution >= 4 is 10.0 Å². The zero-order chi connectivity index (χ0) is 20.6. The molecule has 0 saturated carbocycles. The number of nitrogens with one attached hydrogen (secondary N) is 1. The molecule has 0 bridgehead atoms. The lowest BCUT2D eigenvalue weighted by molar-refractivity contribution is 0.244. The van der Waals surface area contributed by atoms with E-state index in [0.717, 1.165) is 0 Å². The van der Waals surface area contributed by atoms with Crippen LogP contribution in [0.1, 0.15) is 24.2 Å². The molecular formula is C18H23N7O3S. The molecule has 29 heavy (non-hydrogen) atoms. The van der Waals surface area contributed by atoms with Crippen LogP contribution in [-0.2, 0) is 16.6 Å². The minimum atomic E-state index is -3.58. The second kappa shape index (κ2) is 7.56. The van der Waals surface area contributed by atoms with Crippen molar-refractivity contribution < 1.29 is 8.42 Å². The zero-order valence-corrected chi connectivity index (χ0v) is 17.1. The third-order valence-corrected chi connectivity index (χ3v) is 7.42. The number of aromatic amines is 1. The average molecular weight is 417 g/mol. The van der Waals surface area contributed by atoms with E-state index in [9.17, 15) is 13.2 Å². The van der Waals surface area contributed by atoms with Crippen molar-refractivity contribution in [3.8, 4) is 5.82 Å². The van der Waals surface area contributed by atoms with Crippen LogP contribution in [0.5, 0.6) is 0 Å². The van der Waals surface area contributed by atoms with E-state index < -0.39 is 10.0 Å². The number of piperidine rings is 1. The molecule has 0 amide bonds. The largest absolute Gasteiger partial charge is 0.281 e. The molecule has 1 fully saturated rings. The molecule has 3 aromatic heterocycles. The summed E-state index contributed by atoms with van der Waals surface area (Å²) in [5, 5.41) is 15.3. The molecule has 3 aromatic rings. The van der Waals surface area contributed by atoms with Crippen LogP contribution in [-0.4, -0.2) is 55.6 Å². The number of sulfonamides is 1. The van der Waals surface area contributed by atoms with Crippen molar-refractivity contribution in [2.45, 2.75) is 38.1 Å². The second-order valence-electron chi connectivity index (χ2n) is 7.27. The lowest BCUT2D eigenvalue weighted by Gasteiger charge is -2.31. The lowest BCUT2D eigenvalue weighted by atomic mass is 9.98. The first kappa shape index (κ1) is 19.5. The Bertz CT molecular complexity index is 1140. The van der Waals surface area contributed by atoms with Gasteiger partial charge in [-0.2, -0.15) is 14.5 Å². The van der Waals surface area contributed by atoms with Gasteiger partial charge in [-0.1, -0.05) is 0 Å². The third kappa shape index (κ3) is 3.75. The van der Waals surface area contributed by atoms with Crippen molar-refractivity contribution in [3.05, 3.63) is 52.3 Å². The molecule has 1 aliphatic heterocycles. The number of rotatable bonds is 5. The van der Waals surface area contributed by atoms with Crippen molar-refractivity contribution in [1.29, 1.82) is 0 Å². The molecule has 0 spiro atoms. The summed E-state index contributed by atoms with van der Waals surface area (Å²) in [6, 6.07) is 4.90. The molecule has 11 heteroatoms. The van der Waals surface area contributed by atoms with Gasteiger partial charge in [-0.25, -0.2) is 17.8 Å². The van der Waals surface area contributed by atoms with Crippen LogP contribution in [0.3, 0.4) is 0 Å². The van der Waals surface area contributed by atoms with Gasteiger partial charge < -0.3 is 0 Å². The van der Waals surface area contributed by atoms with Crippen molar-refractivity contribution in [2.75, 3.05) is 13.1 Å². The van der Waals surface area contributed by atoms with E-state index in [4.69, 9.17) is 0 Å². The predicted octanol–water partition coefficient (Wildman–Crippen LogP) is 0.870. The normalized spacial score (nSPS) is 16.3. The van der Waals surface area contributed by atoms with Crippen molar-refractivity contribution in [1.82, 2.24) is 34.1 Å². The fourth-order valence-corrected chi connectivity index (χ4v) is 5.52. The maximum Gasteiger partial charge on any atom is 0.266 e. The number of nitrogens with zero attached hydrogens (tertiary/aromatic N) is 6. The van der Waals surface area contributed by atoms with Gasteiger partial charge in [0.25, 0.3) is 5.56 Å². The number of aryl methyl sites for hydroxylation is 2. The molecule has 1 aliphatic rings. The Labute approximate surface area is 168 Å². The van der Waals surface area contributed by atoms with Gasteiger partial charge in [0.2, 0.25) is 10.0 Å². The average Bonchev–Trinajstić information content (AvgIpc) is 3.34. The number of hydrogen-bond acceptors (Lipinski definition) is 6. The van der Waals surface area contributed by atoms with Gasteiger partial charge in [-0.3, -0.25) is 9.89 Å². The van der Waals surface area contributed by atoms with E-state index in [1.54, 1.807) is 43.1 Å². The zero-order valence-electron chi connectivity index (χ0n) is 16.3. The topological polar surface area (TPSA) is 119 Å². The van der Waals surface area contributed by atoms with E-state index in [-0.39, 0.29) is 16.4 Å². The van der Waals surface area contributed by atoms with Gasteiger partial charge in [0.1, 0.15) is 4.90 Å². The quantitative estimate of drug-likeness (QED) is 0.658.